The molecular formula is C19H16N4O3. The lowest BCUT2D eigenvalue weighted by atomic mass is 9.89. The van der Waals surface area contributed by atoms with E-state index in [1.165, 1.54) is 23.9 Å². The number of fused-ring (bicyclic) bond motifs is 3. The van der Waals surface area contributed by atoms with Crippen molar-refractivity contribution in [2.75, 3.05) is 0 Å². The molecule has 2 aromatic carbocycles. The smallest absolute Gasteiger partial charge is 0.289 e. The second kappa shape index (κ2) is 6.36. The number of hydrazone groups is 1. The molecular weight excluding hydrogens is 332 g/mol. The average Bonchev–Trinajstić information content (AvgIpc) is 3.09. The standard InChI is InChI=1S/C19H16N4O3/c24-15-8-5-11(9-16(15)25)10-20-23-19(26)18-14-7-6-12-3-1-2-4-13(12)17(14)21-22-18/h1-5,8-10,24-25H,6-7H2,(H,21,22)(H,23,26)/b20-10+. The zero-order valence-electron chi connectivity index (χ0n) is 13.7. The van der Waals surface area contributed by atoms with Crippen LogP contribution >= 0.6 is 0 Å². The molecule has 0 bridgehead atoms. The van der Waals surface area contributed by atoms with Crippen LogP contribution in [0.3, 0.4) is 0 Å². The van der Waals surface area contributed by atoms with Crippen molar-refractivity contribution < 1.29 is 15.0 Å². The number of aromatic nitrogens is 2. The summed E-state index contributed by atoms with van der Waals surface area (Å²) < 4.78 is 0. The molecule has 3 aromatic rings. The second-order valence-electron chi connectivity index (χ2n) is 6.03. The van der Waals surface area contributed by atoms with Crippen molar-refractivity contribution in [2.24, 2.45) is 5.10 Å². The van der Waals surface area contributed by atoms with Crippen LogP contribution in [0.2, 0.25) is 0 Å². The van der Waals surface area contributed by atoms with E-state index in [9.17, 15) is 15.0 Å². The van der Waals surface area contributed by atoms with Crippen molar-refractivity contribution in [3.63, 3.8) is 0 Å². The number of phenolic OH excluding ortho intramolecular Hbond substituents is 2. The van der Waals surface area contributed by atoms with E-state index in [-0.39, 0.29) is 17.4 Å². The highest BCUT2D eigenvalue weighted by atomic mass is 16.3. The maximum atomic E-state index is 12.4. The van der Waals surface area contributed by atoms with Gasteiger partial charge in [0.05, 0.1) is 11.9 Å². The number of aryl methyl sites for hydroxylation is 1. The normalized spacial score (nSPS) is 12.6. The molecule has 0 spiro atoms. The fourth-order valence-corrected chi connectivity index (χ4v) is 3.09. The number of hydrogen-bond acceptors (Lipinski definition) is 5. The Kier molecular flexibility index (Phi) is 3.89. The van der Waals surface area contributed by atoms with E-state index >= 15 is 0 Å². The van der Waals surface area contributed by atoms with Gasteiger partial charge in [-0.15, -0.1) is 0 Å². The summed E-state index contributed by atoms with van der Waals surface area (Å²) >= 11 is 0. The van der Waals surface area contributed by atoms with Gasteiger partial charge in [0.25, 0.3) is 5.91 Å². The molecule has 1 heterocycles. The molecule has 0 saturated heterocycles. The topological polar surface area (TPSA) is 111 Å². The fraction of sp³-hybridized carbons (Fsp3) is 0.105. The summed E-state index contributed by atoms with van der Waals surface area (Å²) in [6.45, 7) is 0. The quantitative estimate of drug-likeness (QED) is 0.331. The van der Waals surface area contributed by atoms with Crippen LogP contribution in [0, 0.1) is 0 Å². The number of carbonyl (C=O) groups is 1. The third-order valence-corrected chi connectivity index (χ3v) is 4.39. The molecule has 0 radical (unpaired) electrons. The van der Waals surface area contributed by atoms with Crippen molar-refractivity contribution >= 4 is 12.1 Å². The molecule has 130 valence electrons. The first-order valence-electron chi connectivity index (χ1n) is 8.14. The third-order valence-electron chi connectivity index (χ3n) is 4.39. The van der Waals surface area contributed by atoms with Gasteiger partial charge in [0.1, 0.15) is 5.69 Å². The third kappa shape index (κ3) is 2.79. The Morgan fingerprint density at radius 2 is 2.00 bits per heavy atom. The van der Waals surface area contributed by atoms with Crippen LogP contribution < -0.4 is 5.43 Å². The molecule has 0 fully saturated rings. The monoisotopic (exact) mass is 348 g/mol. The number of nitrogens with one attached hydrogen (secondary N) is 2. The first kappa shape index (κ1) is 15.9. The number of aromatic hydroxyl groups is 2. The van der Waals surface area contributed by atoms with E-state index in [1.54, 1.807) is 6.07 Å². The van der Waals surface area contributed by atoms with Crippen molar-refractivity contribution in [2.45, 2.75) is 12.8 Å². The van der Waals surface area contributed by atoms with Crippen molar-refractivity contribution in [3.05, 3.63) is 64.8 Å². The molecule has 1 aliphatic rings. The Hall–Kier alpha value is -3.61. The molecule has 0 aliphatic heterocycles. The van der Waals surface area contributed by atoms with Gasteiger partial charge in [0.2, 0.25) is 0 Å². The highest BCUT2D eigenvalue weighted by molar-refractivity contribution is 5.96. The van der Waals surface area contributed by atoms with Crippen LogP contribution in [-0.4, -0.2) is 32.5 Å². The Morgan fingerprint density at radius 3 is 2.85 bits per heavy atom. The summed E-state index contributed by atoms with van der Waals surface area (Å²) in [4.78, 5) is 12.4. The Morgan fingerprint density at radius 1 is 1.15 bits per heavy atom. The summed E-state index contributed by atoms with van der Waals surface area (Å²) in [5, 5.41) is 29.8. The van der Waals surface area contributed by atoms with Gasteiger partial charge < -0.3 is 10.2 Å². The number of nitrogens with zero attached hydrogens (tertiary/aromatic N) is 2. The number of amides is 1. The van der Waals surface area contributed by atoms with Crippen molar-refractivity contribution in [1.29, 1.82) is 0 Å². The second-order valence-corrected chi connectivity index (χ2v) is 6.03. The lowest BCUT2D eigenvalue weighted by molar-refractivity contribution is 0.0949. The summed E-state index contributed by atoms with van der Waals surface area (Å²) in [5.41, 5.74) is 7.37. The van der Waals surface area contributed by atoms with Crippen LogP contribution in [0.5, 0.6) is 11.5 Å². The molecule has 0 saturated carbocycles. The molecule has 0 unspecified atom stereocenters. The molecule has 4 rings (SSSR count). The fourth-order valence-electron chi connectivity index (χ4n) is 3.09. The Labute approximate surface area is 149 Å². The predicted octanol–water partition coefficient (Wildman–Crippen LogP) is 2.35. The predicted molar refractivity (Wildman–Crippen MR) is 96.3 cm³/mol. The van der Waals surface area contributed by atoms with Crippen LogP contribution in [0.4, 0.5) is 0 Å². The minimum absolute atomic E-state index is 0.212. The first-order chi connectivity index (χ1) is 12.6. The van der Waals surface area contributed by atoms with Crippen LogP contribution in [0.1, 0.15) is 27.2 Å². The molecule has 1 aliphatic carbocycles. The van der Waals surface area contributed by atoms with Gasteiger partial charge in [-0.2, -0.15) is 10.2 Å². The van der Waals surface area contributed by atoms with Gasteiger partial charge in [-0.3, -0.25) is 9.89 Å². The highest BCUT2D eigenvalue weighted by Gasteiger charge is 2.24. The molecule has 1 amide bonds. The van der Waals surface area contributed by atoms with Crippen LogP contribution in [-0.2, 0) is 12.8 Å². The lowest BCUT2D eigenvalue weighted by Crippen LogP contribution is -2.20. The number of benzene rings is 2. The maximum absolute atomic E-state index is 12.4. The van der Waals surface area contributed by atoms with Crippen molar-refractivity contribution in [3.8, 4) is 22.8 Å². The van der Waals surface area contributed by atoms with Gasteiger partial charge in [-0.1, -0.05) is 24.3 Å². The van der Waals surface area contributed by atoms with Gasteiger partial charge in [0, 0.05) is 11.1 Å². The highest BCUT2D eigenvalue weighted by Crippen LogP contribution is 2.33. The van der Waals surface area contributed by atoms with Crippen LogP contribution in [0.25, 0.3) is 11.3 Å². The van der Waals surface area contributed by atoms with Crippen LogP contribution in [0.15, 0.2) is 47.6 Å². The van der Waals surface area contributed by atoms with E-state index in [4.69, 9.17) is 0 Å². The van der Waals surface area contributed by atoms with E-state index in [0.29, 0.717) is 11.3 Å². The zero-order chi connectivity index (χ0) is 18.1. The minimum atomic E-state index is -0.377. The molecule has 0 atom stereocenters. The summed E-state index contributed by atoms with van der Waals surface area (Å²) in [6, 6.07) is 12.3. The summed E-state index contributed by atoms with van der Waals surface area (Å²) in [5.74, 6) is -0.838. The van der Waals surface area contributed by atoms with E-state index in [0.717, 1.165) is 29.7 Å². The lowest BCUT2D eigenvalue weighted by Gasteiger charge is -2.15. The summed E-state index contributed by atoms with van der Waals surface area (Å²) in [6.07, 6.45) is 2.98. The SMILES string of the molecule is O=C(N/N=C/c1ccc(O)c(O)c1)c1[nH]nc2c1CCc1ccccc1-2. The number of hydrogen-bond donors (Lipinski definition) is 4. The Bertz CT molecular complexity index is 1020. The number of phenols is 2. The number of carbonyl (C=O) groups excluding carboxylic acids is 1. The first-order valence-corrected chi connectivity index (χ1v) is 8.14. The van der Waals surface area contributed by atoms with E-state index in [2.05, 4.69) is 26.8 Å². The number of rotatable bonds is 3. The summed E-state index contributed by atoms with van der Waals surface area (Å²) in [7, 11) is 0. The van der Waals surface area contributed by atoms with Gasteiger partial charge in [-0.05, 0) is 42.2 Å². The van der Waals surface area contributed by atoms with E-state index in [1.807, 2.05) is 18.2 Å². The maximum Gasteiger partial charge on any atom is 0.289 e. The van der Waals surface area contributed by atoms with Gasteiger partial charge in [-0.25, -0.2) is 5.43 Å². The molecule has 7 heteroatoms. The minimum Gasteiger partial charge on any atom is -0.504 e. The molecule has 1 aromatic heterocycles. The molecule has 26 heavy (non-hydrogen) atoms. The van der Waals surface area contributed by atoms with Gasteiger partial charge >= 0.3 is 0 Å². The molecule has 7 nitrogen and oxygen atoms in total. The largest absolute Gasteiger partial charge is 0.504 e. The van der Waals surface area contributed by atoms with Gasteiger partial charge in [0.15, 0.2) is 11.5 Å². The van der Waals surface area contributed by atoms with Crippen molar-refractivity contribution in [1.82, 2.24) is 15.6 Å². The number of aromatic amines is 1. The number of H-pyrrole nitrogens is 1. The Balaban J connectivity index is 1.52. The molecule has 4 N–H and O–H groups in total. The average molecular weight is 348 g/mol. The zero-order valence-corrected chi connectivity index (χ0v) is 13.7. The van der Waals surface area contributed by atoms with E-state index < -0.39 is 0 Å².